The Morgan fingerprint density at radius 2 is 1.66 bits per heavy atom. The number of amides is 2. The maximum absolute atomic E-state index is 12.3. The van der Waals surface area contributed by atoms with E-state index in [0.29, 0.717) is 29.5 Å². The molecule has 0 fully saturated rings. The summed E-state index contributed by atoms with van der Waals surface area (Å²) in [5.74, 6) is -1.31. The first-order valence-electron chi connectivity index (χ1n) is 8.96. The molecule has 2 aromatic carbocycles. The summed E-state index contributed by atoms with van der Waals surface area (Å²) < 4.78 is 28.3. The van der Waals surface area contributed by atoms with Crippen molar-refractivity contribution in [2.24, 2.45) is 5.14 Å². The number of aryl methyl sites for hydroxylation is 1. The average molecular weight is 416 g/mol. The largest absolute Gasteiger partial charge is 0.462 e. The van der Waals surface area contributed by atoms with Gasteiger partial charge in [-0.2, -0.15) is 0 Å². The molecular weight excluding hydrogens is 396 g/mol. The van der Waals surface area contributed by atoms with Gasteiger partial charge in [0.05, 0.1) is 28.2 Å². The Bertz CT molecular complexity index is 1060. The number of ether oxygens (including phenoxy) is 1. The zero-order valence-electron chi connectivity index (χ0n) is 15.8. The van der Waals surface area contributed by atoms with Crippen LogP contribution in [0.15, 0.2) is 47.4 Å². The fraction of sp³-hybridized carbons (Fsp3) is 0.250. The number of benzene rings is 2. The summed E-state index contributed by atoms with van der Waals surface area (Å²) >= 11 is 0. The molecule has 1 aliphatic heterocycles. The van der Waals surface area contributed by atoms with Crippen molar-refractivity contribution in [3.63, 3.8) is 0 Å². The number of imide groups is 1. The number of hydrogen-bond donors (Lipinski definition) is 1. The smallest absolute Gasteiger partial charge is 0.338 e. The monoisotopic (exact) mass is 416 g/mol. The topological polar surface area (TPSA) is 124 Å². The first kappa shape index (κ1) is 20.7. The highest BCUT2D eigenvalue weighted by molar-refractivity contribution is 7.89. The van der Waals surface area contributed by atoms with Gasteiger partial charge in [-0.15, -0.1) is 0 Å². The number of fused-ring (bicyclic) bond motifs is 1. The summed E-state index contributed by atoms with van der Waals surface area (Å²) in [7, 11) is -3.94. The summed E-state index contributed by atoms with van der Waals surface area (Å²) in [5.41, 5.74) is 1.31. The van der Waals surface area contributed by atoms with E-state index in [1.54, 1.807) is 31.2 Å². The molecule has 29 heavy (non-hydrogen) atoms. The molecule has 0 saturated heterocycles. The van der Waals surface area contributed by atoms with Gasteiger partial charge in [0, 0.05) is 6.54 Å². The van der Waals surface area contributed by atoms with Crippen LogP contribution < -0.4 is 5.14 Å². The molecular formula is C20H20N2O6S. The van der Waals surface area contributed by atoms with Crippen molar-refractivity contribution in [1.29, 1.82) is 0 Å². The molecule has 0 aromatic heterocycles. The van der Waals surface area contributed by atoms with Gasteiger partial charge in [-0.25, -0.2) is 18.4 Å². The number of esters is 1. The van der Waals surface area contributed by atoms with Crippen LogP contribution in [0.25, 0.3) is 0 Å². The summed E-state index contributed by atoms with van der Waals surface area (Å²) in [6, 6.07) is 10.8. The van der Waals surface area contributed by atoms with E-state index in [1.807, 2.05) is 0 Å². The molecule has 0 unspecified atom stereocenters. The lowest BCUT2D eigenvalue weighted by Gasteiger charge is -2.13. The Morgan fingerprint density at radius 1 is 1.03 bits per heavy atom. The molecule has 0 radical (unpaired) electrons. The van der Waals surface area contributed by atoms with Crippen molar-refractivity contribution in [1.82, 2.24) is 4.90 Å². The molecule has 3 rings (SSSR count). The number of nitrogens with zero attached hydrogens (tertiary/aromatic N) is 1. The van der Waals surface area contributed by atoms with E-state index in [0.717, 1.165) is 0 Å². The van der Waals surface area contributed by atoms with Crippen molar-refractivity contribution in [3.05, 3.63) is 64.7 Å². The van der Waals surface area contributed by atoms with Crippen LogP contribution in [0.5, 0.6) is 0 Å². The van der Waals surface area contributed by atoms with Crippen LogP contribution in [0.1, 0.15) is 49.5 Å². The fourth-order valence-corrected chi connectivity index (χ4v) is 3.90. The number of sulfonamides is 1. The summed E-state index contributed by atoms with van der Waals surface area (Å²) in [4.78, 5) is 37.7. The van der Waals surface area contributed by atoms with Crippen LogP contribution in [-0.2, 0) is 14.8 Å². The molecule has 2 aromatic rings. The lowest BCUT2D eigenvalue weighted by Crippen LogP contribution is -2.30. The Morgan fingerprint density at radius 3 is 2.24 bits per heavy atom. The van der Waals surface area contributed by atoms with Crippen molar-refractivity contribution in [2.45, 2.75) is 24.7 Å². The van der Waals surface area contributed by atoms with E-state index in [4.69, 9.17) is 9.88 Å². The molecule has 0 spiro atoms. The summed E-state index contributed by atoms with van der Waals surface area (Å²) in [5, 5.41) is 5.14. The number of carbonyl (C=O) groups excluding carboxylic acids is 3. The van der Waals surface area contributed by atoms with Gasteiger partial charge in [-0.3, -0.25) is 14.5 Å². The lowest BCUT2D eigenvalue weighted by molar-refractivity contribution is 0.0485. The molecule has 0 aliphatic carbocycles. The fourth-order valence-electron chi connectivity index (χ4n) is 3.10. The highest BCUT2D eigenvalue weighted by Crippen LogP contribution is 2.22. The Balaban J connectivity index is 1.50. The van der Waals surface area contributed by atoms with Gasteiger partial charge < -0.3 is 4.74 Å². The highest BCUT2D eigenvalue weighted by atomic mass is 32.2. The van der Waals surface area contributed by atoms with E-state index in [2.05, 4.69) is 0 Å². The van der Waals surface area contributed by atoms with E-state index in [1.165, 1.54) is 23.1 Å². The quantitative estimate of drug-likeness (QED) is 0.417. The van der Waals surface area contributed by atoms with Crippen LogP contribution in [-0.4, -0.2) is 44.3 Å². The lowest BCUT2D eigenvalue weighted by atomic mass is 10.1. The van der Waals surface area contributed by atoms with Crippen molar-refractivity contribution >= 4 is 27.8 Å². The molecule has 2 amide bonds. The van der Waals surface area contributed by atoms with Crippen LogP contribution in [0.4, 0.5) is 0 Å². The molecule has 0 saturated carbocycles. The zero-order chi connectivity index (χ0) is 21.2. The second kappa shape index (κ2) is 8.14. The van der Waals surface area contributed by atoms with Crippen LogP contribution in [0.3, 0.4) is 0 Å². The molecule has 8 nitrogen and oxygen atoms in total. The van der Waals surface area contributed by atoms with Crippen molar-refractivity contribution < 1.29 is 27.5 Å². The van der Waals surface area contributed by atoms with Gasteiger partial charge in [0.2, 0.25) is 10.0 Å². The average Bonchev–Trinajstić information content (AvgIpc) is 2.92. The predicted molar refractivity (Wildman–Crippen MR) is 104 cm³/mol. The van der Waals surface area contributed by atoms with Crippen LogP contribution in [0.2, 0.25) is 0 Å². The molecule has 152 valence electrons. The summed E-state index contributed by atoms with van der Waals surface area (Å²) in [6.07, 6.45) is 0.905. The van der Waals surface area contributed by atoms with Crippen molar-refractivity contribution in [3.8, 4) is 0 Å². The third-order valence-corrected chi connectivity index (χ3v) is 5.67. The summed E-state index contributed by atoms with van der Waals surface area (Å²) in [6.45, 7) is 1.87. The minimum Gasteiger partial charge on any atom is -0.462 e. The minimum atomic E-state index is -3.94. The first-order valence-corrected chi connectivity index (χ1v) is 10.5. The molecule has 9 heteroatoms. The third kappa shape index (κ3) is 4.36. The highest BCUT2D eigenvalue weighted by Gasteiger charge is 2.34. The number of rotatable bonds is 7. The van der Waals surface area contributed by atoms with Gasteiger partial charge in [-0.1, -0.05) is 18.2 Å². The number of carbonyl (C=O) groups is 3. The van der Waals surface area contributed by atoms with Crippen LogP contribution >= 0.6 is 0 Å². The second-order valence-corrected chi connectivity index (χ2v) is 8.21. The third-order valence-electron chi connectivity index (χ3n) is 4.62. The van der Waals surface area contributed by atoms with E-state index in [-0.39, 0.29) is 35.4 Å². The van der Waals surface area contributed by atoms with Gasteiger partial charge in [0.25, 0.3) is 11.8 Å². The SMILES string of the molecule is Cc1ccc(C(=O)OCCCCN2C(=O)c3ccccc3C2=O)cc1S(N)(=O)=O. The Labute approximate surface area is 168 Å². The second-order valence-electron chi connectivity index (χ2n) is 6.68. The zero-order valence-corrected chi connectivity index (χ0v) is 16.6. The van der Waals surface area contributed by atoms with E-state index >= 15 is 0 Å². The Kier molecular flexibility index (Phi) is 5.81. The minimum absolute atomic E-state index is 0.0700. The molecule has 0 bridgehead atoms. The molecule has 1 heterocycles. The van der Waals surface area contributed by atoms with Crippen LogP contribution in [0, 0.1) is 6.92 Å². The molecule has 2 N–H and O–H groups in total. The van der Waals surface area contributed by atoms with E-state index in [9.17, 15) is 22.8 Å². The normalized spacial score (nSPS) is 13.5. The Hall–Kier alpha value is -3.04. The van der Waals surface area contributed by atoms with Gasteiger partial charge in [0.15, 0.2) is 0 Å². The predicted octanol–water partition coefficient (Wildman–Crippen LogP) is 1.88. The van der Waals surface area contributed by atoms with Gasteiger partial charge in [-0.05, 0) is 49.6 Å². The maximum Gasteiger partial charge on any atom is 0.338 e. The standard InChI is InChI=1S/C20H20N2O6S/c1-13-8-9-14(12-17(13)29(21,26)27)20(25)28-11-5-4-10-22-18(23)15-6-2-3-7-16(15)19(22)24/h2-3,6-9,12H,4-5,10-11H2,1H3,(H2,21,26,27). The molecule has 1 aliphatic rings. The van der Waals surface area contributed by atoms with Gasteiger partial charge in [0.1, 0.15) is 0 Å². The first-order chi connectivity index (χ1) is 13.7. The van der Waals surface area contributed by atoms with E-state index < -0.39 is 16.0 Å². The molecule has 0 atom stereocenters. The number of unbranched alkanes of at least 4 members (excludes halogenated alkanes) is 1. The number of hydrogen-bond acceptors (Lipinski definition) is 6. The van der Waals surface area contributed by atoms with Crippen molar-refractivity contribution in [2.75, 3.05) is 13.2 Å². The number of nitrogens with two attached hydrogens (primary N) is 1. The maximum atomic E-state index is 12.3. The van der Waals surface area contributed by atoms with Gasteiger partial charge >= 0.3 is 5.97 Å². The number of primary sulfonamides is 1.